The van der Waals surface area contributed by atoms with Gasteiger partial charge in [0.1, 0.15) is 5.75 Å². The number of rotatable bonds is 1. The normalized spacial score (nSPS) is 18.7. The summed E-state index contributed by atoms with van der Waals surface area (Å²) >= 11 is 0. The van der Waals surface area contributed by atoms with Crippen molar-refractivity contribution in [2.45, 2.75) is 32.3 Å². The molecule has 1 aromatic carbocycles. The third-order valence-corrected chi connectivity index (χ3v) is 3.58. The second kappa shape index (κ2) is 4.61. The van der Waals surface area contributed by atoms with Gasteiger partial charge in [-0.05, 0) is 44.4 Å². The molecular formula is C14H19NO3. The van der Waals surface area contributed by atoms with Crippen molar-refractivity contribution in [1.82, 2.24) is 4.90 Å². The SMILES string of the molecule is Cc1ccc(C(=O)N2CCC(C)(O)CC2)cc1O. The number of likely N-dealkylation sites (tertiary alicyclic amines) is 1. The van der Waals surface area contributed by atoms with Gasteiger partial charge in [0.2, 0.25) is 0 Å². The first-order chi connectivity index (χ1) is 8.39. The fourth-order valence-corrected chi connectivity index (χ4v) is 2.12. The van der Waals surface area contributed by atoms with Gasteiger partial charge in [-0.3, -0.25) is 4.79 Å². The second-order valence-corrected chi connectivity index (χ2v) is 5.29. The van der Waals surface area contributed by atoms with E-state index in [0.717, 1.165) is 5.56 Å². The molecule has 1 saturated heterocycles. The smallest absolute Gasteiger partial charge is 0.253 e. The summed E-state index contributed by atoms with van der Waals surface area (Å²) in [5, 5.41) is 19.5. The van der Waals surface area contributed by atoms with Crippen LogP contribution in [0.4, 0.5) is 0 Å². The van der Waals surface area contributed by atoms with Crippen molar-refractivity contribution < 1.29 is 15.0 Å². The molecule has 4 heteroatoms. The Kier molecular flexibility index (Phi) is 3.30. The van der Waals surface area contributed by atoms with Crippen LogP contribution in [-0.2, 0) is 0 Å². The first-order valence-electron chi connectivity index (χ1n) is 6.20. The predicted molar refractivity (Wildman–Crippen MR) is 68.6 cm³/mol. The number of phenols is 1. The zero-order chi connectivity index (χ0) is 13.3. The molecule has 0 spiro atoms. The van der Waals surface area contributed by atoms with Crippen LogP contribution in [0.15, 0.2) is 18.2 Å². The minimum atomic E-state index is -0.661. The number of nitrogens with zero attached hydrogens (tertiary/aromatic N) is 1. The molecular weight excluding hydrogens is 230 g/mol. The van der Waals surface area contributed by atoms with Crippen molar-refractivity contribution >= 4 is 5.91 Å². The molecule has 0 radical (unpaired) electrons. The largest absolute Gasteiger partial charge is 0.508 e. The Morgan fingerprint density at radius 3 is 2.50 bits per heavy atom. The van der Waals surface area contributed by atoms with Crippen LogP contribution in [0.2, 0.25) is 0 Å². The maximum atomic E-state index is 12.2. The van der Waals surface area contributed by atoms with Crippen LogP contribution in [0.3, 0.4) is 0 Å². The molecule has 98 valence electrons. The molecule has 0 unspecified atom stereocenters. The number of aliphatic hydroxyl groups is 1. The van der Waals surface area contributed by atoms with Crippen LogP contribution in [0, 0.1) is 6.92 Å². The van der Waals surface area contributed by atoms with E-state index >= 15 is 0 Å². The molecule has 18 heavy (non-hydrogen) atoms. The third kappa shape index (κ3) is 2.64. The first kappa shape index (κ1) is 12.9. The third-order valence-electron chi connectivity index (χ3n) is 3.58. The fourth-order valence-electron chi connectivity index (χ4n) is 2.12. The average Bonchev–Trinajstić information content (AvgIpc) is 2.32. The number of piperidine rings is 1. The Bertz CT molecular complexity index is 458. The standard InChI is InChI=1S/C14H19NO3/c1-10-3-4-11(9-12(10)16)13(17)15-7-5-14(2,18)6-8-15/h3-4,9,16,18H,5-8H2,1-2H3. The first-order valence-corrected chi connectivity index (χ1v) is 6.20. The topological polar surface area (TPSA) is 60.8 Å². The highest BCUT2D eigenvalue weighted by Gasteiger charge is 2.30. The molecule has 0 atom stereocenters. The van der Waals surface area contributed by atoms with E-state index in [9.17, 15) is 15.0 Å². The van der Waals surface area contributed by atoms with Gasteiger partial charge in [0.25, 0.3) is 5.91 Å². The van der Waals surface area contributed by atoms with E-state index < -0.39 is 5.60 Å². The van der Waals surface area contributed by atoms with Gasteiger partial charge in [-0.25, -0.2) is 0 Å². The van der Waals surface area contributed by atoms with E-state index in [0.29, 0.717) is 31.5 Å². The van der Waals surface area contributed by atoms with Gasteiger partial charge in [0.15, 0.2) is 0 Å². The Hall–Kier alpha value is -1.55. The number of benzene rings is 1. The molecule has 2 rings (SSSR count). The molecule has 1 aromatic rings. The lowest BCUT2D eigenvalue weighted by atomic mass is 9.93. The van der Waals surface area contributed by atoms with Crippen LogP contribution >= 0.6 is 0 Å². The van der Waals surface area contributed by atoms with E-state index in [1.165, 1.54) is 6.07 Å². The summed E-state index contributed by atoms with van der Waals surface area (Å²) in [4.78, 5) is 13.9. The Balaban J connectivity index is 2.10. The lowest BCUT2D eigenvalue weighted by Gasteiger charge is -2.35. The molecule has 1 aliphatic rings. The Morgan fingerprint density at radius 2 is 1.94 bits per heavy atom. The van der Waals surface area contributed by atoms with Crippen molar-refractivity contribution in [3.63, 3.8) is 0 Å². The maximum absolute atomic E-state index is 12.2. The predicted octanol–water partition coefficient (Wildman–Crippen LogP) is 1.69. The van der Waals surface area contributed by atoms with E-state index in [1.807, 2.05) is 0 Å². The van der Waals surface area contributed by atoms with Crippen molar-refractivity contribution in [2.75, 3.05) is 13.1 Å². The summed E-state index contributed by atoms with van der Waals surface area (Å²) in [6, 6.07) is 4.97. The molecule has 1 fully saturated rings. The summed E-state index contributed by atoms with van der Waals surface area (Å²) in [6.07, 6.45) is 1.19. The fraction of sp³-hybridized carbons (Fsp3) is 0.500. The second-order valence-electron chi connectivity index (χ2n) is 5.29. The molecule has 0 aliphatic carbocycles. The maximum Gasteiger partial charge on any atom is 0.253 e. The van der Waals surface area contributed by atoms with Crippen molar-refractivity contribution in [3.05, 3.63) is 29.3 Å². The van der Waals surface area contributed by atoms with Gasteiger partial charge >= 0.3 is 0 Å². The van der Waals surface area contributed by atoms with E-state index in [1.54, 1.807) is 30.9 Å². The number of hydrogen-bond acceptors (Lipinski definition) is 3. The van der Waals surface area contributed by atoms with E-state index in [4.69, 9.17) is 0 Å². The average molecular weight is 249 g/mol. The van der Waals surface area contributed by atoms with Gasteiger partial charge < -0.3 is 15.1 Å². The number of phenolic OH excluding ortho intramolecular Hbond substituents is 1. The summed E-state index contributed by atoms with van der Waals surface area (Å²) in [7, 11) is 0. The molecule has 0 aromatic heterocycles. The van der Waals surface area contributed by atoms with Crippen molar-refractivity contribution in [1.29, 1.82) is 0 Å². The van der Waals surface area contributed by atoms with Gasteiger partial charge in [0.05, 0.1) is 5.60 Å². The highest BCUT2D eigenvalue weighted by Crippen LogP contribution is 2.24. The molecule has 0 bridgehead atoms. The quantitative estimate of drug-likeness (QED) is 0.796. The minimum Gasteiger partial charge on any atom is -0.508 e. The number of aromatic hydroxyl groups is 1. The zero-order valence-corrected chi connectivity index (χ0v) is 10.8. The van der Waals surface area contributed by atoms with Gasteiger partial charge in [0, 0.05) is 18.7 Å². The van der Waals surface area contributed by atoms with E-state index in [-0.39, 0.29) is 11.7 Å². The summed E-state index contributed by atoms with van der Waals surface area (Å²) in [5.41, 5.74) is 0.597. The lowest BCUT2D eigenvalue weighted by Crippen LogP contribution is -2.45. The molecule has 1 amide bonds. The summed E-state index contributed by atoms with van der Waals surface area (Å²) in [5.74, 6) is 0.0608. The monoisotopic (exact) mass is 249 g/mol. The lowest BCUT2D eigenvalue weighted by molar-refractivity contribution is -0.00203. The van der Waals surface area contributed by atoms with Crippen LogP contribution < -0.4 is 0 Å². The molecule has 1 heterocycles. The van der Waals surface area contributed by atoms with Gasteiger partial charge in [-0.1, -0.05) is 6.07 Å². The number of hydrogen-bond donors (Lipinski definition) is 2. The van der Waals surface area contributed by atoms with Crippen molar-refractivity contribution in [2.24, 2.45) is 0 Å². The summed E-state index contributed by atoms with van der Waals surface area (Å²) in [6.45, 7) is 4.70. The molecule has 1 aliphatic heterocycles. The van der Waals surface area contributed by atoms with Crippen LogP contribution in [0.25, 0.3) is 0 Å². The van der Waals surface area contributed by atoms with Gasteiger partial charge in [-0.15, -0.1) is 0 Å². The number of carbonyl (C=O) groups excluding carboxylic acids is 1. The Labute approximate surface area is 107 Å². The number of amides is 1. The summed E-state index contributed by atoms with van der Waals surface area (Å²) < 4.78 is 0. The van der Waals surface area contributed by atoms with Crippen LogP contribution in [0.1, 0.15) is 35.7 Å². The van der Waals surface area contributed by atoms with Gasteiger partial charge in [-0.2, -0.15) is 0 Å². The van der Waals surface area contributed by atoms with Crippen molar-refractivity contribution in [3.8, 4) is 5.75 Å². The number of aryl methyl sites for hydroxylation is 1. The number of carbonyl (C=O) groups is 1. The molecule has 0 saturated carbocycles. The zero-order valence-electron chi connectivity index (χ0n) is 10.8. The van der Waals surface area contributed by atoms with Crippen LogP contribution in [0.5, 0.6) is 5.75 Å². The minimum absolute atomic E-state index is 0.0826. The van der Waals surface area contributed by atoms with Crippen LogP contribution in [-0.4, -0.2) is 39.7 Å². The highest BCUT2D eigenvalue weighted by molar-refractivity contribution is 5.94. The highest BCUT2D eigenvalue weighted by atomic mass is 16.3. The van der Waals surface area contributed by atoms with E-state index in [2.05, 4.69) is 0 Å². The Morgan fingerprint density at radius 1 is 1.33 bits per heavy atom. The molecule has 4 nitrogen and oxygen atoms in total. The molecule has 2 N–H and O–H groups in total.